The summed E-state index contributed by atoms with van der Waals surface area (Å²) in [6.07, 6.45) is 1.46. The van der Waals surface area contributed by atoms with Crippen LogP contribution in [0, 0.1) is 5.82 Å². The first kappa shape index (κ1) is 23.2. The Labute approximate surface area is 186 Å². The van der Waals surface area contributed by atoms with E-state index in [1.807, 2.05) is 12.1 Å². The zero-order valence-corrected chi connectivity index (χ0v) is 18.3. The minimum atomic E-state index is -0.709. The molecule has 1 aliphatic heterocycles. The third kappa shape index (κ3) is 6.06. The van der Waals surface area contributed by atoms with E-state index < -0.39 is 11.9 Å². The van der Waals surface area contributed by atoms with E-state index in [2.05, 4.69) is 10.6 Å². The van der Waals surface area contributed by atoms with Crippen LogP contribution >= 0.6 is 0 Å². The molecule has 1 heterocycles. The number of hydrogen-bond acceptors (Lipinski definition) is 4. The van der Waals surface area contributed by atoms with Crippen LogP contribution in [0.4, 0.5) is 4.39 Å². The van der Waals surface area contributed by atoms with Gasteiger partial charge in [0.05, 0.1) is 12.7 Å². The smallest absolute Gasteiger partial charge is 0.256 e. The summed E-state index contributed by atoms with van der Waals surface area (Å²) in [7, 11) is 1.58. The molecule has 0 saturated carbocycles. The second kappa shape index (κ2) is 10.7. The van der Waals surface area contributed by atoms with Gasteiger partial charge in [-0.15, -0.1) is 0 Å². The molecule has 3 amide bonds. The molecule has 170 valence electrons. The van der Waals surface area contributed by atoms with Crippen molar-refractivity contribution in [2.24, 2.45) is 0 Å². The number of amides is 3. The number of likely N-dealkylation sites (tertiary alicyclic amines) is 1. The molecule has 1 atom stereocenters. The highest BCUT2D eigenvalue weighted by molar-refractivity contribution is 5.94. The van der Waals surface area contributed by atoms with E-state index in [0.29, 0.717) is 38.1 Å². The molecule has 0 aliphatic carbocycles. The number of ether oxygens (including phenoxy) is 1. The van der Waals surface area contributed by atoms with Crippen molar-refractivity contribution in [3.05, 3.63) is 65.5 Å². The monoisotopic (exact) mass is 441 g/mol. The van der Waals surface area contributed by atoms with E-state index in [1.165, 1.54) is 19.1 Å². The van der Waals surface area contributed by atoms with Gasteiger partial charge in [-0.3, -0.25) is 14.4 Å². The van der Waals surface area contributed by atoms with Crippen molar-refractivity contribution in [1.29, 1.82) is 0 Å². The maximum atomic E-state index is 13.9. The van der Waals surface area contributed by atoms with Crippen molar-refractivity contribution < 1.29 is 23.5 Å². The number of benzene rings is 2. The number of halogens is 1. The quantitative estimate of drug-likeness (QED) is 0.690. The van der Waals surface area contributed by atoms with Crippen molar-refractivity contribution in [2.75, 3.05) is 20.2 Å². The highest BCUT2D eigenvalue weighted by atomic mass is 19.1. The van der Waals surface area contributed by atoms with Gasteiger partial charge in [0, 0.05) is 32.5 Å². The van der Waals surface area contributed by atoms with E-state index >= 15 is 0 Å². The number of methoxy groups -OCH3 is 1. The highest BCUT2D eigenvalue weighted by Crippen LogP contribution is 2.17. The van der Waals surface area contributed by atoms with Gasteiger partial charge < -0.3 is 20.3 Å². The average Bonchev–Trinajstić information content (AvgIpc) is 2.79. The first-order valence-corrected chi connectivity index (χ1v) is 10.6. The average molecular weight is 442 g/mol. The van der Waals surface area contributed by atoms with Crippen LogP contribution in [0.3, 0.4) is 0 Å². The van der Waals surface area contributed by atoms with Gasteiger partial charge in [-0.2, -0.15) is 0 Å². The first-order chi connectivity index (χ1) is 15.4. The normalized spacial score (nSPS) is 15.0. The molecule has 32 heavy (non-hydrogen) atoms. The number of nitrogens with one attached hydrogen (secondary N) is 2. The molecule has 0 aromatic heterocycles. The van der Waals surface area contributed by atoms with Crippen molar-refractivity contribution in [3.8, 4) is 5.75 Å². The van der Waals surface area contributed by atoms with Gasteiger partial charge in [0.1, 0.15) is 17.6 Å². The van der Waals surface area contributed by atoms with Gasteiger partial charge in [0.25, 0.3) is 5.91 Å². The number of carbonyl (C=O) groups is 3. The maximum absolute atomic E-state index is 13.9. The molecule has 8 heteroatoms. The minimum Gasteiger partial charge on any atom is -0.497 e. The molecule has 2 aromatic carbocycles. The lowest BCUT2D eigenvalue weighted by molar-refractivity contribution is -0.128. The van der Waals surface area contributed by atoms with Crippen molar-refractivity contribution in [1.82, 2.24) is 15.5 Å². The zero-order valence-electron chi connectivity index (χ0n) is 18.3. The van der Waals surface area contributed by atoms with Gasteiger partial charge in [-0.1, -0.05) is 24.3 Å². The molecular weight excluding hydrogens is 413 g/mol. The standard InChI is InChI=1S/C24H28FN3O4/c1-16(29)26-22(15-17-7-9-19(32-2)10-8-17)23(30)27-18-11-13-28(14-12-18)24(31)20-5-3-4-6-21(20)25/h3-10,18,22H,11-15H2,1-2H3,(H,26,29)(H,27,30). The number of rotatable bonds is 7. The van der Waals surface area contributed by atoms with Crippen LogP contribution in [0.15, 0.2) is 48.5 Å². The molecule has 2 N–H and O–H groups in total. The molecule has 0 spiro atoms. The third-order valence-corrected chi connectivity index (χ3v) is 5.53. The predicted octanol–water partition coefficient (Wildman–Crippen LogP) is 2.30. The van der Waals surface area contributed by atoms with Gasteiger partial charge in [-0.25, -0.2) is 4.39 Å². The lowest BCUT2D eigenvalue weighted by Crippen LogP contribution is -2.53. The molecule has 1 fully saturated rings. The number of carbonyl (C=O) groups excluding carboxylic acids is 3. The van der Waals surface area contributed by atoms with Gasteiger partial charge in [-0.05, 0) is 42.7 Å². The van der Waals surface area contributed by atoms with Crippen LogP contribution in [0.25, 0.3) is 0 Å². The summed E-state index contributed by atoms with van der Waals surface area (Å²) in [5.41, 5.74) is 0.949. The lowest BCUT2D eigenvalue weighted by atomic mass is 10.0. The lowest BCUT2D eigenvalue weighted by Gasteiger charge is -2.33. The summed E-state index contributed by atoms with van der Waals surface area (Å²) in [6.45, 7) is 2.21. The van der Waals surface area contributed by atoms with E-state index in [9.17, 15) is 18.8 Å². The number of piperidine rings is 1. The molecule has 1 unspecified atom stereocenters. The summed E-state index contributed by atoms with van der Waals surface area (Å²) >= 11 is 0. The molecular formula is C24H28FN3O4. The Morgan fingerprint density at radius 1 is 1.09 bits per heavy atom. The van der Waals surface area contributed by atoms with Gasteiger partial charge >= 0.3 is 0 Å². The summed E-state index contributed by atoms with van der Waals surface area (Å²) in [4.78, 5) is 38.7. The van der Waals surface area contributed by atoms with Crippen LogP contribution in [-0.2, 0) is 16.0 Å². The van der Waals surface area contributed by atoms with E-state index in [1.54, 1.807) is 36.3 Å². The molecule has 2 aromatic rings. The Hall–Kier alpha value is -3.42. The second-order valence-electron chi connectivity index (χ2n) is 7.86. The molecule has 1 saturated heterocycles. The number of hydrogen-bond donors (Lipinski definition) is 2. The summed E-state index contributed by atoms with van der Waals surface area (Å²) in [5, 5.41) is 5.70. The number of nitrogens with zero attached hydrogens (tertiary/aromatic N) is 1. The Kier molecular flexibility index (Phi) is 7.81. The van der Waals surface area contributed by atoms with Crippen molar-refractivity contribution >= 4 is 17.7 Å². The minimum absolute atomic E-state index is 0.0557. The predicted molar refractivity (Wildman–Crippen MR) is 118 cm³/mol. The molecule has 3 rings (SSSR count). The topological polar surface area (TPSA) is 87.7 Å². The maximum Gasteiger partial charge on any atom is 0.256 e. The SMILES string of the molecule is COc1ccc(CC(NC(C)=O)C(=O)NC2CCN(C(=O)c3ccccc3F)CC2)cc1. The summed E-state index contributed by atoms with van der Waals surface area (Å²) < 4.78 is 19.1. The van der Waals surface area contributed by atoms with Crippen LogP contribution in [0.1, 0.15) is 35.7 Å². The van der Waals surface area contributed by atoms with Crippen molar-refractivity contribution in [2.45, 2.75) is 38.3 Å². The largest absolute Gasteiger partial charge is 0.497 e. The van der Waals surface area contributed by atoms with E-state index in [0.717, 1.165) is 5.56 Å². The summed E-state index contributed by atoms with van der Waals surface area (Å²) in [5.74, 6) is -0.724. The van der Waals surface area contributed by atoms with Gasteiger partial charge in [0.15, 0.2) is 0 Å². The molecule has 1 aliphatic rings. The molecule has 7 nitrogen and oxygen atoms in total. The van der Waals surface area contributed by atoms with Crippen LogP contribution < -0.4 is 15.4 Å². The second-order valence-corrected chi connectivity index (χ2v) is 7.86. The fraction of sp³-hybridized carbons (Fsp3) is 0.375. The van der Waals surface area contributed by atoms with E-state index in [4.69, 9.17) is 4.74 Å². The third-order valence-electron chi connectivity index (χ3n) is 5.53. The fourth-order valence-electron chi connectivity index (χ4n) is 3.79. The summed E-state index contributed by atoms with van der Waals surface area (Å²) in [6, 6.07) is 12.4. The Bertz CT molecular complexity index is 956. The highest BCUT2D eigenvalue weighted by Gasteiger charge is 2.28. The van der Waals surface area contributed by atoms with Gasteiger partial charge in [0.2, 0.25) is 11.8 Å². The Morgan fingerprint density at radius 2 is 1.75 bits per heavy atom. The first-order valence-electron chi connectivity index (χ1n) is 10.6. The zero-order chi connectivity index (χ0) is 23.1. The fourth-order valence-corrected chi connectivity index (χ4v) is 3.79. The van der Waals surface area contributed by atoms with Crippen LogP contribution in [0.5, 0.6) is 5.75 Å². The van der Waals surface area contributed by atoms with Crippen LogP contribution in [-0.4, -0.2) is 54.9 Å². The Balaban J connectivity index is 1.56. The van der Waals surface area contributed by atoms with E-state index in [-0.39, 0.29) is 29.3 Å². The van der Waals surface area contributed by atoms with Crippen molar-refractivity contribution in [3.63, 3.8) is 0 Å². The van der Waals surface area contributed by atoms with Crippen LogP contribution in [0.2, 0.25) is 0 Å². The molecule has 0 bridgehead atoms. The Morgan fingerprint density at radius 3 is 2.34 bits per heavy atom. The molecule has 0 radical (unpaired) electrons.